The number of nitro benzene ring substituents is 1. The molecule has 0 aliphatic heterocycles. The van der Waals surface area contributed by atoms with Gasteiger partial charge >= 0.3 is 0 Å². The number of nitrogens with zero attached hydrogens (tertiary/aromatic N) is 2. The number of nitrogens with one attached hydrogen (secondary N) is 1. The highest BCUT2D eigenvalue weighted by molar-refractivity contribution is 8.13. The second kappa shape index (κ2) is 5.08. The molecule has 2 aromatic carbocycles. The van der Waals surface area contributed by atoms with Gasteiger partial charge in [-0.2, -0.15) is 0 Å². The molecule has 0 atom stereocenters. The van der Waals surface area contributed by atoms with Gasteiger partial charge in [-0.15, -0.1) is 0 Å². The van der Waals surface area contributed by atoms with Gasteiger partial charge in [0.1, 0.15) is 5.82 Å². The molecule has 1 N–H and O–H groups in total. The van der Waals surface area contributed by atoms with Gasteiger partial charge in [-0.3, -0.25) is 10.1 Å². The zero-order chi connectivity index (χ0) is 15.9. The number of benzene rings is 2. The molecule has 0 spiro atoms. The molecule has 0 bridgehead atoms. The van der Waals surface area contributed by atoms with Crippen LogP contribution in [-0.2, 0) is 9.05 Å². The van der Waals surface area contributed by atoms with Crippen molar-refractivity contribution in [3.8, 4) is 11.4 Å². The molecule has 22 heavy (non-hydrogen) atoms. The summed E-state index contributed by atoms with van der Waals surface area (Å²) in [5.41, 5.74) is 1.71. The first-order valence-electron chi connectivity index (χ1n) is 6.04. The van der Waals surface area contributed by atoms with Gasteiger partial charge < -0.3 is 4.98 Å². The van der Waals surface area contributed by atoms with E-state index in [0.29, 0.717) is 22.4 Å². The quantitative estimate of drug-likeness (QED) is 0.449. The first-order valence-corrected chi connectivity index (χ1v) is 8.35. The smallest absolute Gasteiger partial charge is 0.269 e. The molecule has 0 aliphatic rings. The second-order valence-electron chi connectivity index (χ2n) is 4.51. The number of non-ortho nitro benzene ring substituents is 1. The van der Waals surface area contributed by atoms with E-state index in [0.717, 1.165) is 0 Å². The third-order valence-corrected chi connectivity index (χ3v) is 4.44. The molecule has 1 heterocycles. The summed E-state index contributed by atoms with van der Waals surface area (Å²) in [6.07, 6.45) is 0. The maximum atomic E-state index is 11.3. The fourth-order valence-electron chi connectivity index (χ4n) is 2.02. The molecule has 0 unspecified atom stereocenters. The van der Waals surface area contributed by atoms with E-state index in [9.17, 15) is 18.5 Å². The molecule has 0 radical (unpaired) electrons. The number of hydrogen-bond acceptors (Lipinski definition) is 5. The van der Waals surface area contributed by atoms with Crippen molar-refractivity contribution >= 4 is 36.5 Å². The van der Waals surface area contributed by atoms with E-state index in [1.54, 1.807) is 12.1 Å². The monoisotopic (exact) mass is 337 g/mol. The number of aromatic nitrogens is 2. The highest BCUT2D eigenvalue weighted by Gasteiger charge is 2.13. The fraction of sp³-hybridized carbons (Fsp3) is 0. The van der Waals surface area contributed by atoms with Gasteiger partial charge in [0.05, 0.1) is 20.9 Å². The summed E-state index contributed by atoms with van der Waals surface area (Å²) in [6.45, 7) is 0. The Balaban J connectivity index is 2.06. The molecular formula is C13H8ClN3O4S. The Bertz CT molecular complexity index is 980. The van der Waals surface area contributed by atoms with Crippen LogP contribution in [0, 0.1) is 10.1 Å². The summed E-state index contributed by atoms with van der Waals surface area (Å²) in [6, 6.07) is 10.2. The van der Waals surface area contributed by atoms with Crippen molar-refractivity contribution in [3.05, 3.63) is 52.6 Å². The average molecular weight is 338 g/mol. The predicted molar refractivity (Wildman–Crippen MR) is 81.2 cm³/mol. The molecule has 112 valence electrons. The second-order valence-corrected chi connectivity index (χ2v) is 7.07. The van der Waals surface area contributed by atoms with E-state index in [2.05, 4.69) is 9.97 Å². The van der Waals surface area contributed by atoms with Crippen LogP contribution in [0.2, 0.25) is 0 Å². The number of imidazole rings is 1. The van der Waals surface area contributed by atoms with E-state index in [4.69, 9.17) is 10.7 Å². The SMILES string of the molecule is O=[N+]([O-])c1ccc(-c2nc3ccc(S(=O)(=O)Cl)cc3[nH]2)cc1. The van der Waals surface area contributed by atoms with Crippen LogP contribution in [0.15, 0.2) is 47.4 Å². The Labute approximate surface area is 129 Å². The third-order valence-electron chi connectivity index (χ3n) is 3.09. The lowest BCUT2D eigenvalue weighted by Gasteiger charge is -1.96. The van der Waals surface area contributed by atoms with Gasteiger partial charge in [0.25, 0.3) is 14.7 Å². The van der Waals surface area contributed by atoms with Gasteiger partial charge in [-0.05, 0) is 30.3 Å². The highest BCUT2D eigenvalue weighted by Crippen LogP contribution is 2.25. The Morgan fingerprint density at radius 2 is 1.82 bits per heavy atom. The molecule has 0 saturated heterocycles. The van der Waals surface area contributed by atoms with Crippen molar-refractivity contribution < 1.29 is 13.3 Å². The topological polar surface area (TPSA) is 106 Å². The maximum absolute atomic E-state index is 11.3. The van der Waals surface area contributed by atoms with Gasteiger partial charge in [0, 0.05) is 28.4 Å². The molecular weight excluding hydrogens is 330 g/mol. The lowest BCUT2D eigenvalue weighted by Crippen LogP contribution is -1.89. The molecule has 0 fully saturated rings. The van der Waals surface area contributed by atoms with Crippen molar-refractivity contribution in [2.24, 2.45) is 0 Å². The van der Waals surface area contributed by atoms with E-state index >= 15 is 0 Å². The largest absolute Gasteiger partial charge is 0.338 e. The van der Waals surface area contributed by atoms with Crippen LogP contribution in [0.25, 0.3) is 22.4 Å². The third kappa shape index (κ3) is 2.66. The lowest BCUT2D eigenvalue weighted by molar-refractivity contribution is -0.384. The number of hydrogen-bond donors (Lipinski definition) is 1. The van der Waals surface area contributed by atoms with Gasteiger partial charge in [-0.1, -0.05) is 0 Å². The minimum atomic E-state index is -3.82. The molecule has 9 heteroatoms. The number of halogens is 1. The lowest BCUT2D eigenvalue weighted by atomic mass is 10.2. The minimum absolute atomic E-state index is 0.0182. The van der Waals surface area contributed by atoms with Crippen LogP contribution < -0.4 is 0 Å². The van der Waals surface area contributed by atoms with E-state index in [-0.39, 0.29) is 10.6 Å². The zero-order valence-corrected chi connectivity index (χ0v) is 12.4. The number of H-pyrrole nitrogens is 1. The van der Waals surface area contributed by atoms with E-state index in [1.807, 2.05) is 0 Å². The number of nitro groups is 1. The summed E-state index contributed by atoms with van der Waals surface area (Å²) in [5.74, 6) is 0.481. The standard InChI is InChI=1S/C13H8ClN3O4S/c14-22(20,21)10-5-6-11-12(7-10)16-13(15-11)8-1-3-9(4-2-8)17(18)19/h1-7H,(H,15,16). The van der Waals surface area contributed by atoms with Crippen LogP contribution in [0.3, 0.4) is 0 Å². The Kier molecular flexibility index (Phi) is 3.34. The average Bonchev–Trinajstić information content (AvgIpc) is 2.89. The van der Waals surface area contributed by atoms with Gasteiger partial charge in [-0.25, -0.2) is 13.4 Å². The fourth-order valence-corrected chi connectivity index (χ4v) is 2.80. The van der Waals surface area contributed by atoms with Crippen LogP contribution in [-0.4, -0.2) is 23.3 Å². The zero-order valence-electron chi connectivity index (χ0n) is 10.9. The van der Waals surface area contributed by atoms with Crippen molar-refractivity contribution in [1.82, 2.24) is 9.97 Å². The Morgan fingerprint density at radius 3 is 2.41 bits per heavy atom. The van der Waals surface area contributed by atoms with Gasteiger partial charge in [0.15, 0.2) is 0 Å². The molecule has 3 rings (SSSR count). The Hall–Kier alpha value is -2.45. The first-order chi connectivity index (χ1) is 10.3. The van der Waals surface area contributed by atoms with Crippen molar-refractivity contribution in [3.63, 3.8) is 0 Å². The van der Waals surface area contributed by atoms with E-state index in [1.165, 1.54) is 30.3 Å². The van der Waals surface area contributed by atoms with Crippen molar-refractivity contribution in [2.45, 2.75) is 4.90 Å². The minimum Gasteiger partial charge on any atom is -0.338 e. The van der Waals surface area contributed by atoms with Crippen molar-refractivity contribution in [1.29, 1.82) is 0 Å². The normalized spacial score (nSPS) is 11.7. The maximum Gasteiger partial charge on any atom is 0.269 e. The molecule has 0 saturated carbocycles. The molecule has 1 aromatic heterocycles. The highest BCUT2D eigenvalue weighted by atomic mass is 35.7. The number of rotatable bonds is 3. The summed E-state index contributed by atoms with van der Waals surface area (Å²) in [4.78, 5) is 17.4. The molecule has 7 nitrogen and oxygen atoms in total. The van der Waals surface area contributed by atoms with E-state index < -0.39 is 14.0 Å². The molecule has 0 amide bonds. The first kappa shape index (κ1) is 14.5. The van der Waals surface area contributed by atoms with Crippen LogP contribution >= 0.6 is 10.7 Å². The van der Waals surface area contributed by atoms with Gasteiger partial charge in [0.2, 0.25) is 0 Å². The number of fused-ring (bicyclic) bond motifs is 1. The summed E-state index contributed by atoms with van der Waals surface area (Å²) < 4.78 is 22.6. The van der Waals surface area contributed by atoms with Crippen LogP contribution in [0.1, 0.15) is 0 Å². The molecule has 3 aromatic rings. The molecule has 0 aliphatic carbocycles. The summed E-state index contributed by atoms with van der Waals surface area (Å²) >= 11 is 0. The predicted octanol–water partition coefficient (Wildman–Crippen LogP) is 3.07. The summed E-state index contributed by atoms with van der Waals surface area (Å²) in [7, 11) is 1.49. The van der Waals surface area contributed by atoms with Crippen LogP contribution in [0.5, 0.6) is 0 Å². The Morgan fingerprint density at radius 1 is 1.14 bits per heavy atom. The number of aromatic amines is 1. The van der Waals surface area contributed by atoms with Crippen LogP contribution in [0.4, 0.5) is 5.69 Å². The van der Waals surface area contributed by atoms with Crippen molar-refractivity contribution in [2.75, 3.05) is 0 Å². The summed E-state index contributed by atoms with van der Waals surface area (Å²) in [5, 5.41) is 10.6.